The third-order valence-corrected chi connectivity index (χ3v) is 5.68. The van der Waals surface area contributed by atoms with Gasteiger partial charge < -0.3 is 19.5 Å². The van der Waals surface area contributed by atoms with Crippen molar-refractivity contribution in [3.05, 3.63) is 65.2 Å². The standard InChI is InChI=1S/C24H22FN5O4/c1-14-4-3-5-15(2)21(14)34-20-10-17-19(11-18(20)25)27-24(30-13-16(12-26-30)23(31)32)28-22(17)29-6-8-33-9-7-29/h3-5,10-13H,6-9H2,1-2H3,(H,31,32). The molecule has 0 saturated carbocycles. The van der Waals surface area contributed by atoms with Crippen molar-refractivity contribution in [3.8, 4) is 17.4 Å². The van der Waals surface area contributed by atoms with Crippen molar-refractivity contribution in [1.82, 2.24) is 19.7 Å². The minimum Gasteiger partial charge on any atom is -0.478 e. The number of nitrogens with zero attached hydrogens (tertiary/aromatic N) is 5. The first-order valence-corrected chi connectivity index (χ1v) is 10.8. The second-order valence-corrected chi connectivity index (χ2v) is 8.05. The first-order valence-electron chi connectivity index (χ1n) is 10.8. The first kappa shape index (κ1) is 21.8. The van der Waals surface area contributed by atoms with Gasteiger partial charge in [0.2, 0.25) is 0 Å². The van der Waals surface area contributed by atoms with E-state index in [1.165, 1.54) is 23.1 Å². The summed E-state index contributed by atoms with van der Waals surface area (Å²) in [6, 6.07) is 8.65. The number of anilines is 1. The summed E-state index contributed by atoms with van der Waals surface area (Å²) in [5.74, 6) is -0.294. The van der Waals surface area contributed by atoms with Gasteiger partial charge in [0.1, 0.15) is 11.6 Å². The normalized spacial score (nSPS) is 13.9. The molecule has 0 aliphatic carbocycles. The van der Waals surface area contributed by atoms with E-state index < -0.39 is 11.8 Å². The second-order valence-electron chi connectivity index (χ2n) is 8.05. The van der Waals surface area contributed by atoms with E-state index in [0.717, 1.165) is 11.1 Å². The molecule has 1 saturated heterocycles. The van der Waals surface area contributed by atoms with E-state index in [2.05, 4.69) is 15.1 Å². The lowest BCUT2D eigenvalue weighted by molar-refractivity contribution is 0.0697. The number of halogens is 1. The molecule has 0 unspecified atom stereocenters. The van der Waals surface area contributed by atoms with Crippen LogP contribution < -0.4 is 9.64 Å². The fourth-order valence-electron chi connectivity index (χ4n) is 3.91. The Kier molecular flexibility index (Phi) is 5.58. The summed E-state index contributed by atoms with van der Waals surface area (Å²) < 4.78 is 27.9. The van der Waals surface area contributed by atoms with Crippen molar-refractivity contribution >= 4 is 22.7 Å². The first-order chi connectivity index (χ1) is 16.4. The number of carboxylic acids is 1. The van der Waals surface area contributed by atoms with Crippen molar-refractivity contribution < 1.29 is 23.8 Å². The maximum Gasteiger partial charge on any atom is 0.338 e. The largest absolute Gasteiger partial charge is 0.478 e. The molecule has 1 aliphatic rings. The quantitative estimate of drug-likeness (QED) is 0.476. The predicted molar refractivity (Wildman–Crippen MR) is 123 cm³/mol. The lowest BCUT2D eigenvalue weighted by Gasteiger charge is -2.29. The number of carboxylic acid groups (broad SMARTS) is 1. The van der Waals surface area contributed by atoms with Crippen LogP contribution in [0, 0.1) is 19.7 Å². The number of fused-ring (bicyclic) bond motifs is 1. The molecule has 3 heterocycles. The summed E-state index contributed by atoms with van der Waals surface area (Å²) in [5, 5.41) is 13.9. The lowest BCUT2D eigenvalue weighted by atomic mass is 10.1. The highest BCUT2D eigenvalue weighted by Gasteiger charge is 2.21. The van der Waals surface area contributed by atoms with Crippen LogP contribution >= 0.6 is 0 Å². The number of aromatic carboxylic acids is 1. The van der Waals surface area contributed by atoms with Gasteiger partial charge in [-0.3, -0.25) is 0 Å². The SMILES string of the molecule is Cc1cccc(C)c1Oc1cc2c(N3CCOCC3)nc(-n3cc(C(=O)O)cn3)nc2cc1F. The van der Waals surface area contributed by atoms with E-state index in [9.17, 15) is 9.90 Å². The monoisotopic (exact) mass is 463 g/mol. The van der Waals surface area contributed by atoms with Gasteiger partial charge in [0.15, 0.2) is 11.6 Å². The van der Waals surface area contributed by atoms with Gasteiger partial charge in [0, 0.05) is 30.7 Å². The Morgan fingerprint density at radius 3 is 2.56 bits per heavy atom. The van der Waals surface area contributed by atoms with E-state index in [1.54, 1.807) is 6.07 Å². The van der Waals surface area contributed by atoms with E-state index in [-0.39, 0.29) is 17.3 Å². The minimum absolute atomic E-state index is 0.000138. The van der Waals surface area contributed by atoms with Crippen LogP contribution in [0.3, 0.4) is 0 Å². The van der Waals surface area contributed by atoms with Crippen molar-refractivity contribution in [1.29, 1.82) is 0 Å². The number of aromatic nitrogens is 4. The number of aryl methyl sites for hydroxylation is 2. The van der Waals surface area contributed by atoms with Gasteiger partial charge in [0.05, 0.1) is 30.5 Å². The molecule has 174 valence electrons. The summed E-state index contributed by atoms with van der Waals surface area (Å²) >= 11 is 0. The maximum atomic E-state index is 15.2. The predicted octanol–water partition coefficient (Wildman–Crippen LogP) is 3.90. The number of morpholine rings is 1. The fourth-order valence-corrected chi connectivity index (χ4v) is 3.91. The smallest absolute Gasteiger partial charge is 0.338 e. The topological polar surface area (TPSA) is 103 Å². The average molecular weight is 463 g/mol. The summed E-state index contributed by atoms with van der Waals surface area (Å²) in [7, 11) is 0. The van der Waals surface area contributed by atoms with Gasteiger partial charge in [0.25, 0.3) is 5.95 Å². The average Bonchev–Trinajstić information content (AvgIpc) is 3.32. The highest BCUT2D eigenvalue weighted by atomic mass is 19.1. The summed E-state index contributed by atoms with van der Waals surface area (Å²) in [4.78, 5) is 22.4. The molecule has 0 bridgehead atoms. The van der Waals surface area contributed by atoms with Gasteiger partial charge in [-0.1, -0.05) is 18.2 Å². The second kappa shape index (κ2) is 8.71. The molecule has 1 fully saturated rings. The van der Waals surface area contributed by atoms with Crippen LogP contribution in [0.2, 0.25) is 0 Å². The Bertz CT molecular complexity index is 1380. The molecule has 10 heteroatoms. The molecule has 0 radical (unpaired) electrons. The number of hydrogen-bond acceptors (Lipinski definition) is 7. The molecular formula is C24H22FN5O4. The zero-order valence-corrected chi connectivity index (χ0v) is 18.7. The Labute approximate surface area is 194 Å². The third kappa shape index (κ3) is 4.03. The van der Waals surface area contributed by atoms with E-state index in [0.29, 0.717) is 48.8 Å². The summed E-state index contributed by atoms with van der Waals surface area (Å²) in [5.41, 5.74) is 2.14. The summed E-state index contributed by atoms with van der Waals surface area (Å²) in [6.45, 7) is 6.05. The molecule has 9 nitrogen and oxygen atoms in total. The Morgan fingerprint density at radius 2 is 1.88 bits per heavy atom. The van der Waals surface area contributed by atoms with Crippen LogP contribution in [-0.2, 0) is 4.74 Å². The van der Waals surface area contributed by atoms with Crippen LogP contribution in [0.1, 0.15) is 21.5 Å². The number of benzene rings is 2. The Hall–Kier alpha value is -4.05. The van der Waals surface area contributed by atoms with Gasteiger partial charge >= 0.3 is 5.97 Å². The molecule has 0 atom stereocenters. The van der Waals surface area contributed by atoms with E-state index in [4.69, 9.17) is 9.47 Å². The highest BCUT2D eigenvalue weighted by molar-refractivity contribution is 5.91. The van der Waals surface area contributed by atoms with Crippen molar-refractivity contribution in [2.45, 2.75) is 13.8 Å². The van der Waals surface area contributed by atoms with Crippen LogP contribution in [0.15, 0.2) is 42.7 Å². The number of para-hydroxylation sites is 1. The third-order valence-electron chi connectivity index (χ3n) is 5.68. The molecule has 1 N–H and O–H groups in total. The van der Waals surface area contributed by atoms with Crippen LogP contribution in [0.4, 0.5) is 10.2 Å². The lowest BCUT2D eigenvalue weighted by Crippen LogP contribution is -2.37. The maximum absolute atomic E-state index is 15.2. The zero-order valence-electron chi connectivity index (χ0n) is 18.7. The van der Waals surface area contributed by atoms with Crippen molar-refractivity contribution in [2.75, 3.05) is 31.2 Å². The number of carbonyl (C=O) groups is 1. The molecule has 34 heavy (non-hydrogen) atoms. The molecule has 5 rings (SSSR count). The molecule has 1 aliphatic heterocycles. The Morgan fingerprint density at radius 1 is 1.15 bits per heavy atom. The van der Waals surface area contributed by atoms with Gasteiger partial charge in [-0.05, 0) is 31.0 Å². The number of hydrogen-bond donors (Lipinski definition) is 1. The molecule has 2 aromatic heterocycles. The highest BCUT2D eigenvalue weighted by Crippen LogP contribution is 2.35. The van der Waals surface area contributed by atoms with Crippen LogP contribution in [0.25, 0.3) is 16.9 Å². The molecular weight excluding hydrogens is 441 g/mol. The van der Waals surface area contributed by atoms with Gasteiger partial charge in [-0.25, -0.2) is 18.9 Å². The molecule has 0 spiro atoms. The number of rotatable bonds is 5. The Balaban J connectivity index is 1.65. The molecule has 0 amide bonds. The summed E-state index contributed by atoms with van der Waals surface area (Å²) in [6.07, 6.45) is 2.54. The van der Waals surface area contributed by atoms with Crippen LogP contribution in [0.5, 0.6) is 11.5 Å². The molecule has 2 aromatic carbocycles. The van der Waals surface area contributed by atoms with Gasteiger partial charge in [-0.2, -0.15) is 10.1 Å². The van der Waals surface area contributed by atoms with Crippen molar-refractivity contribution in [2.24, 2.45) is 0 Å². The number of ether oxygens (including phenoxy) is 2. The zero-order chi connectivity index (χ0) is 23.8. The van der Waals surface area contributed by atoms with E-state index >= 15 is 4.39 Å². The minimum atomic E-state index is -1.11. The fraction of sp³-hybridized carbons (Fsp3) is 0.250. The van der Waals surface area contributed by atoms with Gasteiger partial charge in [-0.15, -0.1) is 0 Å². The van der Waals surface area contributed by atoms with Crippen LogP contribution in [-0.4, -0.2) is 57.1 Å². The van der Waals surface area contributed by atoms with Crippen molar-refractivity contribution in [3.63, 3.8) is 0 Å². The van der Waals surface area contributed by atoms with E-state index in [1.807, 2.05) is 36.9 Å². The molecule has 4 aromatic rings.